The highest BCUT2D eigenvalue weighted by Gasteiger charge is 2.34. The molecule has 1 N–H and O–H groups in total. The van der Waals surface area contributed by atoms with Gasteiger partial charge in [-0.25, -0.2) is 0 Å². The molecule has 0 bridgehead atoms. The topological polar surface area (TPSA) is 49.4 Å². The van der Waals surface area contributed by atoms with Gasteiger partial charge < -0.3 is 5.32 Å². The molecule has 1 aliphatic heterocycles. The highest BCUT2D eigenvalue weighted by Crippen LogP contribution is 2.42. The monoisotopic (exact) mass is 416 g/mol. The number of anilines is 2. The fourth-order valence-corrected chi connectivity index (χ4v) is 4.97. The Morgan fingerprint density at radius 1 is 0.967 bits per heavy atom. The van der Waals surface area contributed by atoms with Crippen LogP contribution in [0.2, 0.25) is 0 Å². The molecule has 3 aromatic rings. The molecule has 1 saturated heterocycles. The number of hydrogen-bond acceptors (Lipinski definition) is 3. The van der Waals surface area contributed by atoms with Crippen LogP contribution in [0.3, 0.4) is 0 Å². The van der Waals surface area contributed by atoms with Gasteiger partial charge in [0, 0.05) is 16.9 Å². The molecule has 0 aromatic heterocycles. The highest BCUT2D eigenvalue weighted by molar-refractivity contribution is 8.00. The molecule has 3 aromatic carbocycles. The lowest BCUT2D eigenvalue weighted by Gasteiger charge is -2.25. The fourth-order valence-electron chi connectivity index (χ4n) is 3.80. The van der Waals surface area contributed by atoms with Crippen LogP contribution in [0.1, 0.15) is 38.0 Å². The van der Waals surface area contributed by atoms with Crippen molar-refractivity contribution in [3.8, 4) is 0 Å². The van der Waals surface area contributed by atoms with E-state index in [-0.39, 0.29) is 17.2 Å². The zero-order chi connectivity index (χ0) is 21.3. The molecule has 4 nitrogen and oxygen atoms in total. The summed E-state index contributed by atoms with van der Waals surface area (Å²) in [5.41, 5.74) is 6.60. The number of hydrogen-bond donors (Lipinski definition) is 1. The van der Waals surface area contributed by atoms with Crippen LogP contribution >= 0.6 is 11.8 Å². The van der Waals surface area contributed by atoms with E-state index in [0.717, 1.165) is 33.6 Å². The van der Waals surface area contributed by atoms with Crippen molar-refractivity contribution < 1.29 is 9.59 Å². The van der Waals surface area contributed by atoms with Crippen LogP contribution < -0.4 is 10.2 Å². The van der Waals surface area contributed by atoms with E-state index < -0.39 is 0 Å². The van der Waals surface area contributed by atoms with Crippen LogP contribution in [0, 0.1) is 20.8 Å². The van der Waals surface area contributed by atoms with Gasteiger partial charge in [-0.05, 0) is 73.4 Å². The summed E-state index contributed by atoms with van der Waals surface area (Å²) in [5.74, 6) is 0.457. The van der Waals surface area contributed by atoms with Crippen LogP contribution in [-0.2, 0) is 4.79 Å². The van der Waals surface area contributed by atoms with Crippen LogP contribution in [0.4, 0.5) is 11.4 Å². The van der Waals surface area contributed by atoms with Crippen LogP contribution in [0.5, 0.6) is 0 Å². The van der Waals surface area contributed by atoms with Crippen molar-refractivity contribution in [1.82, 2.24) is 0 Å². The van der Waals surface area contributed by atoms with Gasteiger partial charge in [0.1, 0.15) is 5.37 Å². The summed E-state index contributed by atoms with van der Waals surface area (Å²) in [5, 5.41) is 2.89. The molecule has 1 aliphatic rings. The Hall–Kier alpha value is -3.05. The van der Waals surface area contributed by atoms with Crippen molar-refractivity contribution in [3.63, 3.8) is 0 Å². The molecule has 0 unspecified atom stereocenters. The number of nitrogens with zero attached hydrogens (tertiary/aromatic N) is 1. The second kappa shape index (κ2) is 8.36. The van der Waals surface area contributed by atoms with Gasteiger partial charge >= 0.3 is 0 Å². The zero-order valence-electron chi connectivity index (χ0n) is 17.3. The normalized spacial score (nSPS) is 16.0. The Morgan fingerprint density at radius 2 is 1.63 bits per heavy atom. The molecule has 0 aliphatic carbocycles. The molecule has 1 heterocycles. The summed E-state index contributed by atoms with van der Waals surface area (Å²) < 4.78 is 0. The van der Waals surface area contributed by atoms with Crippen molar-refractivity contribution in [1.29, 1.82) is 0 Å². The van der Waals surface area contributed by atoms with Crippen molar-refractivity contribution in [3.05, 3.63) is 94.5 Å². The van der Waals surface area contributed by atoms with Gasteiger partial charge in [0.05, 0.1) is 5.75 Å². The number of nitrogens with one attached hydrogen (secondary N) is 1. The first-order valence-electron chi connectivity index (χ1n) is 9.91. The number of carbonyl (C=O) groups excluding carboxylic acids is 2. The summed E-state index contributed by atoms with van der Waals surface area (Å²) >= 11 is 1.63. The standard InChI is InChI=1S/C25H24N2O2S/c1-16-12-17(2)14-21(13-16)27-23(28)15-30-25(27)19-8-10-20(11-9-19)26-24(29)22-7-5-4-6-18(22)3/h4-14,25H,15H2,1-3H3,(H,26,29)/t25-/m1/s1. The van der Waals surface area contributed by atoms with E-state index in [1.54, 1.807) is 11.8 Å². The maximum atomic E-state index is 12.6. The van der Waals surface area contributed by atoms with Gasteiger partial charge in [-0.15, -0.1) is 11.8 Å². The molecule has 2 amide bonds. The number of rotatable bonds is 4. The molecular formula is C25H24N2O2S. The molecule has 30 heavy (non-hydrogen) atoms. The molecule has 0 spiro atoms. The average molecular weight is 417 g/mol. The van der Waals surface area contributed by atoms with E-state index in [2.05, 4.69) is 23.5 Å². The number of benzene rings is 3. The minimum atomic E-state index is -0.122. The molecule has 0 saturated carbocycles. The number of carbonyl (C=O) groups is 2. The Balaban J connectivity index is 1.55. The first-order valence-corrected chi connectivity index (χ1v) is 11.0. The largest absolute Gasteiger partial charge is 0.322 e. The molecular weight excluding hydrogens is 392 g/mol. The lowest BCUT2D eigenvalue weighted by Crippen LogP contribution is -2.28. The van der Waals surface area contributed by atoms with E-state index in [0.29, 0.717) is 11.3 Å². The van der Waals surface area contributed by atoms with Crippen molar-refractivity contribution in [2.24, 2.45) is 0 Å². The quantitative estimate of drug-likeness (QED) is 0.598. The Morgan fingerprint density at radius 3 is 2.30 bits per heavy atom. The Kier molecular flexibility index (Phi) is 5.64. The maximum absolute atomic E-state index is 12.6. The van der Waals surface area contributed by atoms with Crippen molar-refractivity contribution >= 4 is 35.0 Å². The lowest BCUT2D eigenvalue weighted by atomic mass is 10.1. The van der Waals surface area contributed by atoms with Crippen molar-refractivity contribution in [2.75, 3.05) is 16.0 Å². The van der Waals surface area contributed by atoms with E-state index in [4.69, 9.17) is 0 Å². The molecule has 0 radical (unpaired) electrons. The third-order valence-electron chi connectivity index (χ3n) is 5.20. The minimum absolute atomic E-state index is 0.0696. The second-order valence-electron chi connectivity index (χ2n) is 7.66. The summed E-state index contributed by atoms with van der Waals surface area (Å²) in [6.07, 6.45) is 0. The smallest absolute Gasteiger partial charge is 0.255 e. The predicted octanol–water partition coefficient (Wildman–Crippen LogP) is 5.64. The van der Waals surface area contributed by atoms with E-state index in [1.165, 1.54) is 0 Å². The summed E-state index contributed by atoms with van der Waals surface area (Å²) in [6, 6.07) is 21.5. The maximum Gasteiger partial charge on any atom is 0.255 e. The third-order valence-corrected chi connectivity index (χ3v) is 6.41. The van der Waals surface area contributed by atoms with Gasteiger partial charge in [0.25, 0.3) is 5.91 Å². The van der Waals surface area contributed by atoms with Crippen LogP contribution in [-0.4, -0.2) is 17.6 Å². The predicted molar refractivity (Wildman–Crippen MR) is 124 cm³/mol. The lowest BCUT2D eigenvalue weighted by molar-refractivity contribution is -0.115. The molecule has 1 fully saturated rings. The molecule has 5 heteroatoms. The average Bonchev–Trinajstić information content (AvgIpc) is 3.09. The van der Waals surface area contributed by atoms with Crippen LogP contribution in [0.15, 0.2) is 66.7 Å². The van der Waals surface area contributed by atoms with E-state index >= 15 is 0 Å². The number of thioether (sulfide) groups is 1. The molecule has 1 atom stereocenters. The van der Waals surface area contributed by atoms with E-state index in [1.807, 2.05) is 74.2 Å². The summed E-state index contributed by atoms with van der Waals surface area (Å²) in [7, 11) is 0. The minimum Gasteiger partial charge on any atom is -0.322 e. The third kappa shape index (κ3) is 4.12. The van der Waals surface area contributed by atoms with Crippen LogP contribution in [0.25, 0.3) is 0 Å². The SMILES string of the molecule is Cc1cc(C)cc(N2C(=O)CS[C@@H]2c2ccc(NC(=O)c3ccccc3C)cc2)c1. The summed E-state index contributed by atoms with van der Waals surface area (Å²) in [6.45, 7) is 6.02. The van der Waals surface area contributed by atoms with Gasteiger partial charge in [0.15, 0.2) is 0 Å². The second-order valence-corrected chi connectivity index (χ2v) is 8.73. The van der Waals surface area contributed by atoms with Gasteiger partial charge in [-0.1, -0.05) is 36.4 Å². The first kappa shape index (κ1) is 20.2. The Labute approximate surface area is 181 Å². The first-order chi connectivity index (χ1) is 14.4. The van der Waals surface area contributed by atoms with Crippen molar-refractivity contribution in [2.45, 2.75) is 26.1 Å². The van der Waals surface area contributed by atoms with E-state index in [9.17, 15) is 9.59 Å². The summed E-state index contributed by atoms with van der Waals surface area (Å²) in [4.78, 5) is 27.1. The van der Waals surface area contributed by atoms with Gasteiger partial charge in [0.2, 0.25) is 5.91 Å². The fraction of sp³-hybridized carbons (Fsp3) is 0.200. The molecule has 4 rings (SSSR count). The molecule has 152 valence electrons. The van der Waals surface area contributed by atoms with Gasteiger partial charge in [-0.2, -0.15) is 0 Å². The number of aryl methyl sites for hydroxylation is 3. The Bertz CT molecular complexity index is 1090. The zero-order valence-corrected chi connectivity index (χ0v) is 18.1. The van der Waals surface area contributed by atoms with Gasteiger partial charge in [-0.3, -0.25) is 14.5 Å². The highest BCUT2D eigenvalue weighted by atomic mass is 32.2. The number of amides is 2.